The van der Waals surface area contributed by atoms with Crippen LogP contribution in [0.5, 0.6) is 0 Å². The minimum Gasteiger partial charge on any atom is -0.387 e. The Kier molecular flexibility index (Phi) is 4.38. The predicted molar refractivity (Wildman–Crippen MR) is 126 cm³/mol. The zero-order valence-corrected chi connectivity index (χ0v) is 19.1. The molecule has 5 heterocycles. The molecule has 8 nitrogen and oxygen atoms in total. The number of allylic oxidation sites excluding steroid dienone is 2. The largest absolute Gasteiger partial charge is 0.387 e. The molecule has 4 aliphatic rings. The third-order valence-corrected chi connectivity index (χ3v) is 7.70. The molecule has 0 amide bonds. The average molecular weight is 444 g/mol. The molecule has 2 saturated heterocycles. The summed E-state index contributed by atoms with van der Waals surface area (Å²) in [6.45, 7) is 8.06. The van der Waals surface area contributed by atoms with Crippen LogP contribution in [0.3, 0.4) is 0 Å². The molecular weight excluding hydrogens is 414 g/mol. The Morgan fingerprint density at radius 3 is 2.82 bits per heavy atom. The van der Waals surface area contributed by atoms with Crippen LogP contribution in [-0.2, 0) is 0 Å². The molecule has 1 aliphatic carbocycles. The first-order valence-corrected chi connectivity index (χ1v) is 11.6. The van der Waals surface area contributed by atoms with Gasteiger partial charge in [-0.3, -0.25) is 0 Å². The van der Waals surface area contributed by atoms with Gasteiger partial charge in [0.15, 0.2) is 0 Å². The highest BCUT2D eigenvalue weighted by Crippen LogP contribution is 2.41. The lowest BCUT2D eigenvalue weighted by atomic mass is 9.96. The van der Waals surface area contributed by atoms with Gasteiger partial charge < -0.3 is 25.5 Å². The predicted octanol–water partition coefficient (Wildman–Crippen LogP) is 1.59. The second kappa shape index (κ2) is 7.11. The Balaban J connectivity index is 1.31. The van der Waals surface area contributed by atoms with Gasteiger partial charge in [-0.1, -0.05) is 6.08 Å². The van der Waals surface area contributed by atoms with Crippen LogP contribution in [0.2, 0.25) is 0 Å². The minimum atomic E-state index is -0.847. The van der Waals surface area contributed by atoms with E-state index < -0.39 is 5.60 Å². The monoisotopic (exact) mass is 443 g/mol. The lowest BCUT2D eigenvalue weighted by Gasteiger charge is -2.42. The molecule has 3 N–H and O–H groups in total. The van der Waals surface area contributed by atoms with Crippen LogP contribution in [0.25, 0.3) is 5.52 Å². The zero-order chi connectivity index (χ0) is 22.9. The van der Waals surface area contributed by atoms with Crippen LogP contribution in [-0.4, -0.2) is 74.9 Å². The summed E-state index contributed by atoms with van der Waals surface area (Å²) in [6.07, 6.45) is 7.24. The van der Waals surface area contributed by atoms with Crippen LogP contribution in [0.4, 0.5) is 5.69 Å². The molecule has 3 atom stereocenters. The van der Waals surface area contributed by atoms with Gasteiger partial charge in [0.05, 0.1) is 35.6 Å². The Labute approximate surface area is 193 Å². The zero-order valence-electron chi connectivity index (χ0n) is 19.1. The maximum Gasteiger partial charge on any atom is 0.142 e. The topological polar surface area (TPSA) is 97.1 Å². The fourth-order valence-corrected chi connectivity index (χ4v) is 5.79. The number of rotatable bonds is 2. The molecule has 0 aromatic carbocycles. The van der Waals surface area contributed by atoms with Crippen molar-refractivity contribution in [1.82, 2.24) is 19.4 Å². The summed E-state index contributed by atoms with van der Waals surface area (Å²) >= 11 is 0. The number of aliphatic hydroxyl groups is 1. The highest BCUT2D eigenvalue weighted by Gasteiger charge is 2.41. The Morgan fingerprint density at radius 1 is 1.21 bits per heavy atom. The lowest BCUT2D eigenvalue weighted by Crippen LogP contribution is -2.49. The fourth-order valence-electron chi connectivity index (χ4n) is 5.79. The summed E-state index contributed by atoms with van der Waals surface area (Å²) in [5.74, 6) is 0. The molecule has 3 aliphatic heterocycles. The van der Waals surface area contributed by atoms with Crippen molar-refractivity contribution in [1.29, 1.82) is 5.26 Å². The number of nitrogens with two attached hydrogens (primary N) is 1. The van der Waals surface area contributed by atoms with E-state index in [0.717, 1.165) is 37.3 Å². The van der Waals surface area contributed by atoms with Crippen molar-refractivity contribution < 1.29 is 5.11 Å². The smallest absolute Gasteiger partial charge is 0.142 e. The molecule has 170 valence electrons. The number of nitrogens with zero attached hydrogens (tertiary/aromatic N) is 6. The van der Waals surface area contributed by atoms with Gasteiger partial charge in [0, 0.05) is 43.6 Å². The maximum absolute atomic E-state index is 10.5. The Bertz CT molecular complexity index is 1280. The van der Waals surface area contributed by atoms with Crippen molar-refractivity contribution in [2.24, 2.45) is 5.73 Å². The van der Waals surface area contributed by atoms with E-state index in [1.165, 1.54) is 22.5 Å². The number of piperazine rings is 1. The van der Waals surface area contributed by atoms with Crippen LogP contribution in [0, 0.1) is 11.3 Å². The van der Waals surface area contributed by atoms with E-state index in [2.05, 4.69) is 51.0 Å². The van der Waals surface area contributed by atoms with E-state index in [1.807, 2.05) is 19.1 Å². The molecule has 2 fully saturated rings. The van der Waals surface area contributed by atoms with E-state index in [0.29, 0.717) is 24.8 Å². The minimum absolute atomic E-state index is 0.229. The molecule has 2 aromatic rings. The standard InChI is InChI=1S/C25H29N7O/c1-16-11-29(21-6-4-19(10-26)32-22(21)7-8-28-32)13-23-20-5-3-18(9-17(20)12-31(16)23)30-14-24(27)25(2,33)15-30/h3-4,6-9,16,24,33H,5,11-15,27H2,1-2H3/t16-,24-,25-/m1/s1. The summed E-state index contributed by atoms with van der Waals surface area (Å²) in [5, 5.41) is 24.3. The van der Waals surface area contributed by atoms with E-state index in [1.54, 1.807) is 10.7 Å². The summed E-state index contributed by atoms with van der Waals surface area (Å²) in [7, 11) is 0. The highest BCUT2D eigenvalue weighted by atomic mass is 16.3. The number of anilines is 1. The van der Waals surface area contributed by atoms with E-state index >= 15 is 0 Å². The summed E-state index contributed by atoms with van der Waals surface area (Å²) in [4.78, 5) is 7.18. The van der Waals surface area contributed by atoms with Crippen molar-refractivity contribution in [3.63, 3.8) is 0 Å². The van der Waals surface area contributed by atoms with Gasteiger partial charge in [-0.05, 0) is 55.7 Å². The third kappa shape index (κ3) is 3.07. The number of pyridine rings is 1. The molecule has 0 saturated carbocycles. The number of fused-ring (bicyclic) bond motifs is 3. The third-order valence-electron chi connectivity index (χ3n) is 7.70. The molecule has 0 bridgehead atoms. The second-order valence-corrected chi connectivity index (χ2v) is 9.97. The van der Waals surface area contributed by atoms with Gasteiger partial charge in [0.1, 0.15) is 11.8 Å². The fraction of sp³-hybridized carbons (Fsp3) is 0.440. The lowest BCUT2D eigenvalue weighted by molar-refractivity contribution is 0.0591. The molecule has 8 heteroatoms. The van der Waals surface area contributed by atoms with Crippen LogP contribution >= 0.6 is 0 Å². The van der Waals surface area contributed by atoms with E-state index in [9.17, 15) is 10.4 Å². The molecule has 33 heavy (non-hydrogen) atoms. The van der Waals surface area contributed by atoms with Crippen molar-refractivity contribution >= 4 is 11.2 Å². The maximum atomic E-state index is 10.5. The second-order valence-electron chi connectivity index (χ2n) is 9.97. The molecular formula is C25H29N7O. The number of hydrogen-bond acceptors (Lipinski definition) is 7. The number of hydrogen-bond donors (Lipinski definition) is 2. The van der Waals surface area contributed by atoms with Crippen LogP contribution < -0.4 is 10.6 Å². The number of nitriles is 1. The van der Waals surface area contributed by atoms with Crippen molar-refractivity contribution in [3.8, 4) is 6.07 Å². The first kappa shape index (κ1) is 20.3. The SMILES string of the molecule is C[C@@H]1CN(c2ccc(C#N)n3nccc23)CC2=C3CC=C(N4C[C@@H](N)[C@](C)(O)C4)C=C3CN21. The average Bonchev–Trinajstić information content (AvgIpc) is 3.49. The van der Waals surface area contributed by atoms with Crippen LogP contribution in [0.1, 0.15) is 26.0 Å². The van der Waals surface area contributed by atoms with Gasteiger partial charge in [-0.25, -0.2) is 4.52 Å². The summed E-state index contributed by atoms with van der Waals surface area (Å²) in [5.41, 5.74) is 13.3. The van der Waals surface area contributed by atoms with Gasteiger partial charge >= 0.3 is 0 Å². The van der Waals surface area contributed by atoms with Crippen molar-refractivity contribution in [2.75, 3.05) is 37.6 Å². The Morgan fingerprint density at radius 2 is 2.06 bits per heavy atom. The van der Waals surface area contributed by atoms with Gasteiger partial charge in [0.25, 0.3) is 0 Å². The first-order valence-electron chi connectivity index (χ1n) is 11.6. The normalized spacial score (nSPS) is 29.2. The molecule has 0 unspecified atom stereocenters. The first-order chi connectivity index (χ1) is 15.9. The van der Waals surface area contributed by atoms with Gasteiger partial charge in [-0.2, -0.15) is 10.4 Å². The quantitative estimate of drug-likeness (QED) is 0.728. The number of β-amino-alcohol motifs (C(OH)–C–C–N with tert-alkyl or cyclic N) is 1. The molecule has 0 radical (unpaired) electrons. The Hall–Kier alpha value is -3.28. The molecule has 2 aromatic heterocycles. The highest BCUT2D eigenvalue weighted by molar-refractivity contribution is 5.75. The molecule has 6 rings (SSSR count). The molecule has 0 spiro atoms. The van der Waals surface area contributed by atoms with Gasteiger partial charge in [0.2, 0.25) is 0 Å². The van der Waals surface area contributed by atoms with Gasteiger partial charge in [-0.15, -0.1) is 0 Å². The van der Waals surface area contributed by atoms with E-state index in [4.69, 9.17) is 5.73 Å². The summed E-state index contributed by atoms with van der Waals surface area (Å²) < 4.78 is 1.73. The van der Waals surface area contributed by atoms with Crippen LogP contribution in [0.15, 0.2) is 59.1 Å². The number of aromatic nitrogens is 2. The number of likely N-dealkylation sites (tertiary alicyclic amines) is 1. The van der Waals surface area contributed by atoms with Crippen molar-refractivity contribution in [2.45, 2.75) is 38.0 Å². The van der Waals surface area contributed by atoms with Crippen molar-refractivity contribution in [3.05, 3.63) is 64.8 Å². The van der Waals surface area contributed by atoms with E-state index in [-0.39, 0.29) is 6.04 Å². The summed E-state index contributed by atoms with van der Waals surface area (Å²) in [6, 6.07) is 8.26.